The van der Waals surface area contributed by atoms with Gasteiger partial charge in [0.1, 0.15) is 12.4 Å². The van der Waals surface area contributed by atoms with Crippen molar-refractivity contribution in [3.8, 4) is 0 Å². The Morgan fingerprint density at radius 3 is 2.64 bits per heavy atom. The molecule has 0 heterocycles. The molecule has 0 fully saturated rings. The van der Waals surface area contributed by atoms with Gasteiger partial charge in [0.25, 0.3) is 0 Å². The molecule has 0 rings (SSSR count). The Kier molecular flexibility index (Phi) is 4.65. The fraction of sp³-hybridized carbons (Fsp3) is 0.571. The van der Waals surface area contributed by atoms with Gasteiger partial charge in [-0.05, 0) is 14.0 Å². The monoisotopic (exact) mass is 160 g/mol. The van der Waals surface area contributed by atoms with Crippen molar-refractivity contribution in [3.05, 3.63) is 12.8 Å². The van der Waals surface area contributed by atoms with Crippen LogP contribution in [0, 0.1) is 0 Å². The van der Waals surface area contributed by atoms with E-state index >= 15 is 0 Å². The Morgan fingerprint density at radius 2 is 2.36 bits per heavy atom. The first-order valence-electron chi connectivity index (χ1n) is 3.31. The van der Waals surface area contributed by atoms with E-state index in [1.54, 1.807) is 0 Å². The minimum atomic E-state index is -1.27. The summed E-state index contributed by atoms with van der Waals surface area (Å²) in [5.41, 5.74) is 0.0440. The van der Waals surface area contributed by atoms with Crippen LogP contribution < -0.4 is 5.32 Å². The molecule has 0 saturated carbocycles. The summed E-state index contributed by atoms with van der Waals surface area (Å²) in [5.74, 6) is 0. The molecule has 0 aromatic carbocycles. The fourth-order valence-electron chi connectivity index (χ4n) is 0.644. The van der Waals surface area contributed by atoms with Crippen LogP contribution in [0.4, 0.5) is 4.39 Å². The summed E-state index contributed by atoms with van der Waals surface area (Å²) >= 11 is 0. The zero-order chi connectivity index (χ0) is 8.85. The summed E-state index contributed by atoms with van der Waals surface area (Å²) in [5, 5.41) is 11.6. The van der Waals surface area contributed by atoms with Gasteiger partial charge in [-0.1, -0.05) is 6.58 Å². The molecule has 64 valence electrons. The third kappa shape index (κ3) is 3.25. The Balaban J connectivity index is 4.33. The molecule has 0 amide bonds. The Bertz CT molecular complexity index is 157. The second-order valence-corrected chi connectivity index (χ2v) is 2.04. The molecule has 11 heavy (non-hydrogen) atoms. The summed E-state index contributed by atoms with van der Waals surface area (Å²) in [6.45, 7) is 4.61. The Hall–Kier alpha value is -0.740. The van der Waals surface area contributed by atoms with Crippen LogP contribution in [0.25, 0.3) is 0 Å². The number of hydrogen-bond donors (Lipinski definition) is 2. The minimum absolute atomic E-state index is 0.0440. The van der Waals surface area contributed by atoms with Crippen molar-refractivity contribution in [1.82, 2.24) is 5.32 Å². The van der Waals surface area contributed by atoms with E-state index in [1.807, 2.05) is 0 Å². The molecule has 0 aliphatic carbocycles. The van der Waals surface area contributed by atoms with Crippen LogP contribution in [0.2, 0.25) is 0 Å². The molecule has 4 heteroatoms. The van der Waals surface area contributed by atoms with Gasteiger partial charge in [-0.2, -0.15) is 0 Å². The maximum absolute atomic E-state index is 12.6. The zero-order valence-electron chi connectivity index (χ0n) is 6.71. The van der Waals surface area contributed by atoms with Crippen LogP contribution in [0.1, 0.15) is 6.92 Å². The molecule has 3 nitrogen and oxygen atoms in total. The molecule has 2 N–H and O–H groups in total. The van der Waals surface area contributed by atoms with Gasteiger partial charge < -0.3 is 5.11 Å². The van der Waals surface area contributed by atoms with E-state index in [4.69, 9.17) is 5.11 Å². The molecule has 0 aromatic heterocycles. The van der Waals surface area contributed by atoms with Crippen LogP contribution in [-0.2, 0) is 0 Å². The van der Waals surface area contributed by atoms with E-state index < -0.39 is 12.4 Å². The molecule has 2 atom stereocenters. The molecule has 0 aliphatic heterocycles. The number of aliphatic imine (C=N–C) groups is 1. The second kappa shape index (κ2) is 4.98. The summed E-state index contributed by atoms with van der Waals surface area (Å²) in [7, 11) is 1.52. The van der Waals surface area contributed by atoms with E-state index in [-0.39, 0.29) is 5.71 Å². The van der Waals surface area contributed by atoms with Gasteiger partial charge in [-0.15, -0.1) is 0 Å². The third-order valence-corrected chi connectivity index (χ3v) is 1.20. The van der Waals surface area contributed by atoms with Crippen LogP contribution >= 0.6 is 0 Å². The Labute approximate surface area is 65.6 Å². The van der Waals surface area contributed by atoms with Gasteiger partial charge in [0.2, 0.25) is 0 Å². The first kappa shape index (κ1) is 10.3. The summed E-state index contributed by atoms with van der Waals surface area (Å²) in [4.78, 5) is 3.59. The normalized spacial score (nSPS) is 17.6. The number of alkyl halides is 1. The molecular weight excluding hydrogens is 147 g/mol. The first-order chi connectivity index (χ1) is 5.13. The van der Waals surface area contributed by atoms with E-state index in [0.717, 1.165) is 0 Å². The fourth-order valence-corrected chi connectivity index (χ4v) is 0.644. The van der Waals surface area contributed by atoms with Crippen LogP contribution in [0.3, 0.4) is 0 Å². The Morgan fingerprint density at radius 1 is 1.82 bits per heavy atom. The number of aliphatic hydroxyl groups is 1. The van der Waals surface area contributed by atoms with Crippen molar-refractivity contribution in [2.45, 2.75) is 19.3 Å². The van der Waals surface area contributed by atoms with E-state index in [2.05, 4.69) is 16.9 Å². The number of nitrogens with one attached hydrogen (secondary N) is 1. The number of halogens is 1. The van der Waals surface area contributed by atoms with E-state index in [9.17, 15) is 4.39 Å². The molecule has 0 radical (unpaired) electrons. The quantitative estimate of drug-likeness (QED) is 0.463. The van der Waals surface area contributed by atoms with Crippen molar-refractivity contribution in [2.75, 3.05) is 7.05 Å². The SMILES string of the molecule is C=C/N=C(/C(O)NC)[C@@H](C)F. The average Bonchev–Trinajstić information content (AvgIpc) is 1.98. The van der Waals surface area contributed by atoms with Crippen molar-refractivity contribution < 1.29 is 9.50 Å². The van der Waals surface area contributed by atoms with Crippen molar-refractivity contribution in [1.29, 1.82) is 0 Å². The van der Waals surface area contributed by atoms with Crippen molar-refractivity contribution >= 4 is 5.71 Å². The van der Waals surface area contributed by atoms with Crippen molar-refractivity contribution in [3.63, 3.8) is 0 Å². The van der Waals surface area contributed by atoms with Crippen LogP contribution in [-0.4, -0.2) is 30.3 Å². The lowest BCUT2D eigenvalue weighted by molar-refractivity contribution is 0.204. The minimum Gasteiger partial charge on any atom is -0.373 e. The highest BCUT2D eigenvalue weighted by Gasteiger charge is 2.15. The lowest BCUT2D eigenvalue weighted by atomic mass is 10.2. The molecule has 1 unspecified atom stereocenters. The zero-order valence-corrected chi connectivity index (χ0v) is 6.71. The first-order valence-corrected chi connectivity index (χ1v) is 3.31. The molecule has 0 aromatic rings. The van der Waals surface area contributed by atoms with Gasteiger partial charge in [0.05, 0.1) is 5.71 Å². The maximum atomic E-state index is 12.6. The highest BCUT2D eigenvalue weighted by molar-refractivity contribution is 5.92. The maximum Gasteiger partial charge on any atom is 0.146 e. The van der Waals surface area contributed by atoms with Gasteiger partial charge in [0, 0.05) is 6.20 Å². The van der Waals surface area contributed by atoms with E-state index in [0.29, 0.717) is 0 Å². The van der Waals surface area contributed by atoms with Crippen LogP contribution in [0.5, 0.6) is 0 Å². The predicted molar refractivity (Wildman–Crippen MR) is 43.3 cm³/mol. The van der Waals surface area contributed by atoms with Gasteiger partial charge >= 0.3 is 0 Å². The lowest BCUT2D eigenvalue weighted by Gasteiger charge is -2.12. The molecule has 0 aliphatic rings. The summed E-state index contributed by atoms with van der Waals surface area (Å²) < 4.78 is 12.6. The summed E-state index contributed by atoms with van der Waals surface area (Å²) in [6.07, 6.45) is -1.10. The average molecular weight is 160 g/mol. The van der Waals surface area contributed by atoms with Crippen molar-refractivity contribution in [2.24, 2.45) is 4.99 Å². The summed E-state index contributed by atoms with van der Waals surface area (Å²) in [6, 6.07) is 0. The number of hydrogen-bond acceptors (Lipinski definition) is 3. The standard InChI is InChI=1S/C7H13FN2O/c1-4-10-6(5(2)8)7(11)9-3/h4-5,7,9,11H,1H2,2-3H3/b10-6+/t5-,7?/m1/s1. The molecule has 0 saturated heterocycles. The highest BCUT2D eigenvalue weighted by Crippen LogP contribution is 1.97. The third-order valence-electron chi connectivity index (χ3n) is 1.20. The smallest absolute Gasteiger partial charge is 0.146 e. The van der Waals surface area contributed by atoms with Gasteiger partial charge in [-0.25, -0.2) is 4.39 Å². The largest absolute Gasteiger partial charge is 0.373 e. The number of nitrogens with zero attached hydrogens (tertiary/aromatic N) is 1. The van der Waals surface area contributed by atoms with Gasteiger partial charge in [0.15, 0.2) is 0 Å². The topological polar surface area (TPSA) is 44.6 Å². The lowest BCUT2D eigenvalue weighted by Crippen LogP contribution is -2.38. The molecular formula is C7H13FN2O. The molecule has 0 bridgehead atoms. The predicted octanol–water partition coefficient (Wildman–Crippen LogP) is 0.467. The number of rotatable bonds is 4. The number of aliphatic hydroxyl groups excluding tert-OH is 1. The highest BCUT2D eigenvalue weighted by atomic mass is 19.1. The van der Waals surface area contributed by atoms with Crippen LogP contribution in [0.15, 0.2) is 17.8 Å². The van der Waals surface area contributed by atoms with E-state index in [1.165, 1.54) is 20.2 Å². The second-order valence-electron chi connectivity index (χ2n) is 2.04. The van der Waals surface area contributed by atoms with Gasteiger partial charge in [-0.3, -0.25) is 10.3 Å². The molecule has 0 spiro atoms.